The van der Waals surface area contributed by atoms with Crippen molar-refractivity contribution in [2.24, 2.45) is 0 Å². The van der Waals surface area contributed by atoms with Gasteiger partial charge in [-0.3, -0.25) is 9.36 Å². The molecular weight excluding hydrogens is 358 g/mol. The molecule has 3 aromatic rings. The number of benzene rings is 2. The molecule has 0 saturated heterocycles. The van der Waals surface area contributed by atoms with E-state index >= 15 is 0 Å². The number of hydrogen-bond acceptors (Lipinski definition) is 4. The van der Waals surface area contributed by atoms with Crippen LogP contribution < -0.4 is 5.32 Å². The van der Waals surface area contributed by atoms with Crippen molar-refractivity contribution in [3.8, 4) is 5.69 Å². The van der Waals surface area contributed by atoms with Gasteiger partial charge in [-0.1, -0.05) is 30.0 Å². The molecule has 2 aromatic carbocycles. The van der Waals surface area contributed by atoms with Gasteiger partial charge in [0.2, 0.25) is 5.91 Å². The lowest BCUT2D eigenvalue weighted by Gasteiger charge is -2.13. The van der Waals surface area contributed by atoms with E-state index in [1.54, 1.807) is 6.92 Å². The second-order valence-electron chi connectivity index (χ2n) is 5.57. The predicted octanol–water partition coefficient (Wildman–Crippen LogP) is 3.97. The van der Waals surface area contributed by atoms with Crippen LogP contribution in [0.3, 0.4) is 0 Å². The van der Waals surface area contributed by atoms with Gasteiger partial charge in [0.05, 0.1) is 10.9 Å². The molecule has 0 unspecified atom stereocenters. The summed E-state index contributed by atoms with van der Waals surface area (Å²) in [5.74, 6) is -1.09. The molecule has 0 saturated carbocycles. The first kappa shape index (κ1) is 18.1. The van der Waals surface area contributed by atoms with E-state index in [2.05, 4.69) is 15.5 Å². The average Bonchev–Trinajstić information content (AvgIpc) is 2.99. The number of hydrogen-bond donors (Lipinski definition) is 1. The first-order valence-corrected chi connectivity index (χ1v) is 8.73. The molecule has 0 bridgehead atoms. The number of carbonyl (C=O) groups excluding carboxylic acids is 1. The summed E-state index contributed by atoms with van der Waals surface area (Å²) >= 11 is 1.18. The maximum Gasteiger partial charge on any atom is 0.237 e. The number of nitrogens with zero attached hydrogens (tertiary/aromatic N) is 3. The van der Waals surface area contributed by atoms with E-state index in [1.165, 1.54) is 11.8 Å². The van der Waals surface area contributed by atoms with Crippen LogP contribution in [0, 0.1) is 18.6 Å². The predicted molar refractivity (Wildman–Crippen MR) is 96.4 cm³/mol. The van der Waals surface area contributed by atoms with Gasteiger partial charge >= 0.3 is 0 Å². The molecule has 0 spiro atoms. The highest BCUT2D eigenvalue weighted by atomic mass is 32.2. The lowest BCUT2D eigenvalue weighted by molar-refractivity contribution is -0.115. The first-order valence-electron chi connectivity index (χ1n) is 7.85. The first-order chi connectivity index (χ1) is 12.5. The van der Waals surface area contributed by atoms with Crippen molar-refractivity contribution in [3.63, 3.8) is 0 Å². The van der Waals surface area contributed by atoms with Crippen LogP contribution in [0.2, 0.25) is 0 Å². The van der Waals surface area contributed by atoms with Crippen LogP contribution in [0.4, 0.5) is 14.5 Å². The second kappa shape index (κ2) is 7.65. The smallest absolute Gasteiger partial charge is 0.237 e. The molecular formula is C18H16F2N4OS. The fourth-order valence-electron chi connectivity index (χ4n) is 2.33. The van der Waals surface area contributed by atoms with E-state index in [0.29, 0.717) is 11.0 Å². The molecule has 3 rings (SSSR count). The average molecular weight is 374 g/mol. The third-order valence-electron chi connectivity index (χ3n) is 3.65. The molecule has 1 N–H and O–H groups in total. The van der Waals surface area contributed by atoms with Gasteiger partial charge in [0.25, 0.3) is 0 Å². The molecule has 1 atom stereocenters. The summed E-state index contributed by atoms with van der Waals surface area (Å²) in [4.78, 5) is 12.4. The zero-order valence-corrected chi connectivity index (χ0v) is 14.9. The Kier molecular flexibility index (Phi) is 5.32. The van der Waals surface area contributed by atoms with Crippen LogP contribution in [-0.4, -0.2) is 25.9 Å². The summed E-state index contributed by atoms with van der Waals surface area (Å²) in [5, 5.41) is 10.5. The minimum atomic E-state index is -0.694. The normalized spacial score (nSPS) is 12.0. The highest BCUT2D eigenvalue weighted by Gasteiger charge is 2.21. The Hall–Kier alpha value is -2.74. The third kappa shape index (κ3) is 3.91. The standard InChI is InChI=1S/C18H16F2N4OS/c1-11(17(25)21-16-10-13(19)8-9-15(16)20)26-18-23-22-12(2)24(18)14-6-4-3-5-7-14/h3-11H,1-2H3,(H,21,25)/t11-/m0/s1. The molecule has 1 amide bonds. The largest absolute Gasteiger partial charge is 0.323 e. The number of anilines is 1. The molecule has 1 aromatic heterocycles. The number of aromatic nitrogens is 3. The van der Waals surface area contributed by atoms with E-state index in [1.807, 2.05) is 41.8 Å². The maximum absolute atomic E-state index is 13.7. The summed E-state index contributed by atoms with van der Waals surface area (Å²) in [5.41, 5.74) is 0.685. The zero-order chi connectivity index (χ0) is 18.7. The second-order valence-corrected chi connectivity index (χ2v) is 6.88. The van der Waals surface area contributed by atoms with Gasteiger partial charge in [0.15, 0.2) is 5.16 Å². The van der Waals surface area contributed by atoms with Gasteiger partial charge in [-0.2, -0.15) is 0 Å². The fourth-order valence-corrected chi connectivity index (χ4v) is 3.25. The van der Waals surface area contributed by atoms with E-state index in [0.717, 1.165) is 23.9 Å². The molecule has 0 aliphatic heterocycles. The van der Waals surface area contributed by atoms with Gasteiger partial charge in [0.1, 0.15) is 17.5 Å². The van der Waals surface area contributed by atoms with E-state index < -0.39 is 22.8 Å². The fraction of sp³-hybridized carbons (Fsp3) is 0.167. The van der Waals surface area contributed by atoms with Crippen molar-refractivity contribution in [2.45, 2.75) is 24.3 Å². The van der Waals surface area contributed by atoms with Gasteiger partial charge < -0.3 is 5.32 Å². The number of halogens is 2. The highest BCUT2D eigenvalue weighted by Crippen LogP contribution is 2.26. The number of aryl methyl sites for hydroxylation is 1. The van der Waals surface area contributed by atoms with Crippen LogP contribution in [0.1, 0.15) is 12.7 Å². The Morgan fingerprint density at radius 3 is 2.62 bits per heavy atom. The molecule has 26 heavy (non-hydrogen) atoms. The Labute approximate surface area is 153 Å². The molecule has 5 nitrogen and oxygen atoms in total. The minimum absolute atomic E-state index is 0.192. The van der Waals surface area contributed by atoms with E-state index in [-0.39, 0.29) is 5.69 Å². The molecule has 0 fully saturated rings. The number of rotatable bonds is 5. The van der Waals surface area contributed by atoms with Gasteiger partial charge in [-0.25, -0.2) is 8.78 Å². The molecule has 8 heteroatoms. The van der Waals surface area contributed by atoms with Crippen LogP contribution in [-0.2, 0) is 4.79 Å². The number of carbonyl (C=O) groups is 1. The van der Waals surface area contributed by atoms with Gasteiger partial charge in [0, 0.05) is 11.8 Å². The van der Waals surface area contributed by atoms with Crippen LogP contribution in [0.5, 0.6) is 0 Å². The maximum atomic E-state index is 13.7. The summed E-state index contributed by atoms with van der Waals surface area (Å²) in [6, 6.07) is 12.4. The van der Waals surface area contributed by atoms with E-state index in [4.69, 9.17) is 0 Å². The zero-order valence-electron chi connectivity index (χ0n) is 14.1. The molecule has 0 aliphatic carbocycles. The number of nitrogens with one attached hydrogen (secondary N) is 1. The van der Waals surface area contributed by atoms with Crippen LogP contribution in [0.15, 0.2) is 53.7 Å². The molecule has 0 aliphatic rings. The Morgan fingerprint density at radius 1 is 1.15 bits per heavy atom. The van der Waals surface area contributed by atoms with Gasteiger partial charge in [-0.05, 0) is 38.1 Å². The number of para-hydroxylation sites is 1. The van der Waals surface area contributed by atoms with Crippen LogP contribution >= 0.6 is 11.8 Å². The van der Waals surface area contributed by atoms with Crippen LogP contribution in [0.25, 0.3) is 5.69 Å². The Bertz CT molecular complexity index is 930. The van der Waals surface area contributed by atoms with Crippen molar-refractivity contribution < 1.29 is 13.6 Å². The molecule has 134 valence electrons. The third-order valence-corrected chi connectivity index (χ3v) is 4.69. The summed E-state index contributed by atoms with van der Waals surface area (Å²) in [6.45, 7) is 3.48. The molecule has 1 heterocycles. The number of amides is 1. The lowest BCUT2D eigenvalue weighted by Crippen LogP contribution is -2.23. The van der Waals surface area contributed by atoms with Crippen molar-refractivity contribution in [3.05, 3.63) is 66.0 Å². The quantitative estimate of drug-likeness (QED) is 0.687. The van der Waals surface area contributed by atoms with Gasteiger partial charge in [-0.15, -0.1) is 10.2 Å². The minimum Gasteiger partial charge on any atom is -0.323 e. The Morgan fingerprint density at radius 2 is 1.88 bits per heavy atom. The number of thioether (sulfide) groups is 1. The van der Waals surface area contributed by atoms with E-state index in [9.17, 15) is 13.6 Å². The summed E-state index contributed by atoms with van der Waals surface area (Å²) < 4.78 is 28.8. The van der Waals surface area contributed by atoms with Crippen molar-refractivity contribution >= 4 is 23.4 Å². The molecule has 0 radical (unpaired) electrons. The SMILES string of the molecule is Cc1nnc(S[C@@H](C)C(=O)Nc2cc(F)ccc2F)n1-c1ccccc1. The monoisotopic (exact) mass is 374 g/mol. The summed E-state index contributed by atoms with van der Waals surface area (Å²) in [6.07, 6.45) is 0. The lowest BCUT2D eigenvalue weighted by atomic mass is 10.3. The van der Waals surface area contributed by atoms with Crippen molar-refractivity contribution in [1.29, 1.82) is 0 Å². The van der Waals surface area contributed by atoms with Crippen molar-refractivity contribution in [2.75, 3.05) is 5.32 Å². The topological polar surface area (TPSA) is 59.8 Å². The highest BCUT2D eigenvalue weighted by molar-refractivity contribution is 8.00. The Balaban J connectivity index is 1.77. The van der Waals surface area contributed by atoms with Crippen molar-refractivity contribution in [1.82, 2.24) is 14.8 Å². The summed E-state index contributed by atoms with van der Waals surface area (Å²) in [7, 11) is 0.